The Kier molecular flexibility index (Phi) is 4.54. The second-order valence-corrected chi connectivity index (χ2v) is 7.13. The number of benzene rings is 1. The number of H-pyrrole nitrogens is 1. The van der Waals surface area contributed by atoms with Gasteiger partial charge in [-0.2, -0.15) is 5.10 Å². The minimum Gasteiger partial charge on any atom is -0.507 e. The van der Waals surface area contributed by atoms with Crippen molar-refractivity contribution in [2.75, 3.05) is 5.32 Å². The van der Waals surface area contributed by atoms with Crippen LogP contribution in [0.15, 0.2) is 18.2 Å². The summed E-state index contributed by atoms with van der Waals surface area (Å²) in [6, 6.07) is 5.30. The molecule has 3 rings (SSSR count). The highest BCUT2D eigenvalue weighted by molar-refractivity contribution is 7.15. The van der Waals surface area contributed by atoms with Crippen LogP contribution in [-0.4, -0.2) is 31.4 Å². The van der Waals surface area contributed by atoms with E-state index in [1.54, 1.807) is 12.1 Å². The van der Waals surface area contributed by atoms with Crippen LogP contribution >= 0.6 is 11.3 Å². The van der Waals surface area contributed by atoms with Gasteiger partial charge in [0.25, 0.3) is 5.91 Å². The molecule has 0 radical (unpaired) electrons. The summed E-state index contributed by atoms with van der Waals surface area (Å²) in [5, 5.41) is 29.1. The van der Waals surface area contributed by atoms with Crippen molar-refractivity contribution in [2.45, 2.75) is 33.6 Å². The molecule has 130 valence electrons. The van der Waals surface area contributed by atoms with E-state index in [1.165, 1.54) is 11.3 Å². The molecule has 2 heterocycles. The molecular formula is C17H19N5O2S. The van der Waals surface area contributed by atoms with E-state index >= 15 is 0 Å². The second kappa shape index (κ2) is 6.64. The number of nitrogens with one attached hydrogen (secondary N) is 2. The minimum atomic E-state index is -0.353. The van der Waals surface area contributed by atoms with Crippen molar-refractivity contribution in [3.8, 4) is 17.0 Å². The first kappa shape index (κ1) is 17.1. The quantitative estimate of drug-likeness (QED) is 0.661. The fourth-order valence-electron chi connectivity index (χ4n) is 2.27. The highest BCUT2D eigenvalue weighted by Gasteiger charge is 2.17. The Morgan fingerprint density at radius 1 is 1.28 bits per heavy atom. The number of aromatic hydroxyl groups is 1. The number of phenols is 1. The summed E-state index contributed by atoms with van der Waals surface area (Å²) < 4.78 is 0. The lowest BCUT2D eigenvalue weighted by Crippen LogP contribution is -2.12. The molecule has 8 heteroatoms. The maximum absolute atomic E-state index is 12.3. The SMILES string of the molecule is Cc1ccc(-c2cc(C(=O)Nc3nnc(C(C)C)s3)[nH]n2)c(O)c1C. The molecule has 2 aromatic heterocycles. The molecule has 0 saturated heterocycles. The zero-order chi connectivity index (χ0) is 18.1. The van der Waals surface area contributed by atoms with E-state index < -0.39 is 0 Å². The maximum Gasteiger partial charge on any atom is 0.275 e. The van der Waals surface area contributed by atoms with Crippen LogP contribution in [0.2, 0.25) is 0 Å². The van der Waals surface area contributed by atoms with E-state index in [0.717, 1.165) is 16.1 Å². The van der Waals surface area contributed by atoms with Crippen molar-refractivity contribution >= 4 is 22.4 Å². The lowest BCUT2D eigenvalue weighted by Gasteiger charge is -2.07. The topological polar surface area (TPSA) is 104 Å². The number of anilines is 1. The van der Waals surface area contributed by atoms with Crippen molar-refractivity contribution in [2.24, 2.45) is 0 Å². The number of aryl methyl sites for hydroxylation is 1. The van der Waals surface area contributed by atoms with Crippen molar-refractivity contribution in [3.63, 3.8) is 0 Å². The van der Waals surface area contributed by atoms with Crippen molar-refractivity contribution < 1.29 is 9.90 Å². The molecule has 3 aromatic rings. The van der Waals surface area contributed by atoms with Gasteiger partial charge in [0.05, 0.1) is 5.69 Å². The Hall–Kier alpha value is -2.74. The lowest BCUT2D eigenvalue weighted by atomic mass is 10.0. The first-order valence-electron chi connectivity index (χ1n) is 7.86. The van der Waals surface area contributed by atoms with Gasteiger partial charge in [0.15, 0.2) is 0 Å². The van der Waals surface area contributed by atoms with Crippen LogP contribution in [0.25, 0.3) is 11.3 Å². The van der Waals surface area contributed by atoms with Crippen LogP contribution in [-0.2, 0) is 0 Å². The molecule has 7 nitrogen and oxygen atoms in total. The molecular weight excluding hydrogens is 338 g/mol. The van der Waals surface area contributed by atoms with E-state index in [0.29, 0.717) is 16.4 Å². The Labute approximate surface area is 149 Å². The van der Waals surface area contributed by atoms with Crippen LogP contribution in [0.3, 0.4) is 0 Å². The van der Waals surface area contributed by atoms with Gasteiger partial charge in [-0.1, -0.05) is 31.3 Å². The predicted molar refractivity (Wildman–Crippen MR) is 97.1 cm³/mol. The lowest BCUT2D eigenvalue weighted by molar-refractivity contribution is 0.102. The normalized spacial score (nSPS) is 11.1. The summed E-state index contributed by atoms with van der Waals surface area (Å²) in [5.41, 5.74) is 3.16. The van der Waals surface area contributed by atoms with Crippen LogP contribution in [0.1, 0.15) is 46.4 Å². The molecule has 0 aliphatic carbocycles. The Morgan fingerprint density at radius 3 is 2.72 bits per heavy atom. The minimum absolute atomic E-state index is 0.171. The van der Waals surface area contributed by atoms with Gasteiger partial charge in [-0.3, -0.25) is 15.2 Å². The van der Waals surface area contributed by atoms with Gasteiger partial charge in [0.2, 0.25) is 5.13 Å². The van der Waals surface area contributed by atoms with E-state index in [2.05, 4.69) is 25.7 Å². The average Bonchev–Trinajstić information content (AvgIpc) is 3.22. The monoisotopic (exact) mass is 357 g/mol. The molecule has 1 amide bonds. The highest BCUT2D eigenvalue weighted by Crippen LogP contribution is 2.32. The molecule has 25 heavy (non-hydrogen) atoms. The number of hydrogen-bond donors (Lipinski definition) is 3. The summed E-state index contributed by atoms with van der Waals surface area (Å²) >= 11 is 1.34. The summed E-state index contributed by atoms with van der Waals surface area (Å²) in [5.74, 6) is 0.0762. The molecule has 0 bridgehead atoms. The number of aromatic amines is 1. The van der Waals surface area contributed by atoms with Gasteiger partial charge < -0.3 is 5.11 Å². The van der Waals surface area contributed by atoms with Crippen molar-refractivity contribution in [1.82, 2.24) is 20.4 Å². The van der Waals surface area contributed by atoms with E-state index in [9.17, 15) is 9.90 Å². The smallest absolute Gasteiger partial charge is 0.275 e. The van der Waals surface area contributed by atoms with Crippen LogP contribution in [0.5, 0.6) is 5.75 Å². The molecule has 0 aliphatic heterocycles. The average molecular weight is 357 g/mol. The number of aromatic nitrogens is 4. The first-order valence-corrected chi connectivity index (χ1v) is 8.68. The van der Waals surface area contributed by atoms with Crippen LogP contribution < -0.4 is 5.32 Å². The fourth-order valence-corrected chi connectivity index (χ4v) is 3.01. The standard InChI is InChI=1S/C17H19N5O2S/c1-8(2)16-21-22-17(25-16)18-15(24)13-7-12(19-20-13)11-6-5-9(3)10(4)14(11)23/h5-8,23H,1-4H3,(H,19,20)(H,18,22,24). The molecule has 0 aliphatic rings. The van der Waals surface area contributed by atoms with Gasteiger partial charge in [0.1, 0.15) is 16.5 Å². The largest absolute Gasteiger partial charge is 0.507 e. The maximum atomic E-state index is 12.3. The molecule has 1 aromatic carbocycles. The van der Waals surface area contributed by atoms with Crippen molar-refractivity contribution in [3.05, 3.63) is 40.0 Å². The van der Waals surface area contributed by atoms with Gasteiger partial charge in [-0.25, -0.2) is 0 Å². The number of nitrogens with zero attached hydrogens (tertiary/aromatic N) is 3. The summed E-state index contributed by atoms with van der Waals surface area (Å²) in [4.78, 5) is 12.3. The third-order valence-electron chi connectivity index (χ3n) is 3.96. The zero-order valence-electron chi connectivity index (χ0n) is 14.4. The summed E-state index contributed by atoms with van der Waals surface area (Å²) in [6.45, 7) is 7.80. The molecule has 0 unspecified atom stereocenters. The fraction of sp³-hybridized carbons (Fsp3) is 0.294. The Morgan fingerprint density at radius 2 is 2.04 bits per heavy atom. The number of rotatable bonds is 4. The number of amides is 1. The van der Waals surface area contributed by atoms with Gasteiger partial charge in [-0.05, 0) is 37.1 Å². The number of hydrogen-bond acceptors (Lipinski definition) is 6. The number of carbonyl (C=O) groups excluding carboxylic acids is 1. The summed E-state index contributed by atoms with van der Waals surface area (Å²) in [6.07, 6.45) is 0. The van der Waals surface area contributed by atoms with Gasteiger partial charge >= 0.3 is 0 Å². The number of phenolic OH excluding ortho intramolecular Hbond substituents is 1. The molecule has 0 atom stereocenters. The van der Waals surface area contributed by atoms with Gasteiger partial charge in [0, 0.05) is 11.5 Å². The second-order valence-electron chi connectivity index (χ2n) is 6.12. The number of carbonyl (C=O) groups is 1. The molecule has 3 N–H and O–H groups in total. The van der Waals surface area contributed by atoms with Crippen LogP contribution in [0, 0.1) is 13.8 Å². The zero-order valence-corrected chi connectivity index (χ0v) is 15.2. The third-order valence-corrected chi connectivity index (χ3v) is 5.09. The highest BCUT2D eigenvalue weighted by atomic mass is 32.1. The molecule has 0 fully saturated rings. The van der Waals surface area contributed by atoms with Gasteiger partial charge in [-0.15, -0.1) is 10.2 Å². The van der Waals surface area contributed by atoms with E-state index in [-0.39, 0.29) is 23.3 Å². The van der Waals surface area contributed by atoms with Crippen molar-refractivity contribution in [1.29, 1.82) is 0 Å². The Bertz CT molecular complexity index is 929. The molecule has 0 saturated carbocycles. The molecule has 0 spiro atoms. The predicted octanol–water partition coefficient (Wildman–Crippen LogP) is 3.63. The van der Waals surface area contributed by atoms with E-state index in [4.69, 9.17) is 0 Å². The summed E-state index contributed by atoms with van der Waals surface area (Å²) in [7, 11) is 0. The van der Waals surface area contributed by atoms with Crippen LogP contribution in [0.4, 0.5) is 5.13 Å². The first-order chi connectivity index (χ1) is 11.9. The third kappa shape index (κ3) is 3.39. The van der Waals surface area contributed by atoms with E-state index in [1.807, 2.05) is 33.8 Å². The Balaban J connectivity index is 1.81.